The molecular weight excluding hydrogens is 637 g/mol. The van der Waals surface area contributed by atoms with Crippen LogP contribution in [0.15, 0.2) is 88.1 Å². The van der Waals surface area contributed by atoms with Crippen LogP contribution in [0, 0.1) is 11.6 Å². The number of carboxylic acid groups (broad SMARTS) is 1. The summed E-state index contributed by atoms with van der Waals surface area (Å²) in [6, 6.07) is 16.3. The first kappa shape index (κ1) is 30.7. The summed E-state index contributed by atoms with van der Waals surface area (Å²) in [5, 5.41) is 21.6. The molecule has 228 valence electrons. The topological polar surface area (TPSA) is 105 Å². The van der Waals surface area contributed by atoms with E-state index in [2.05, 4.69) is 0 Å². The summed E-state index contributed by atoms with van der Waals surface area (Å²) in [6.07, 6.45) is 6.46. The third kappa shape index (κ3) is 4.92. The second-order valence-corrected chi connectivity index (χ2v) is 11.1. The summed E-state index contributed by atoms with van der Waals surface area (Å²) in [6.45, 7) is 1.75. The molecular formula is C36H20Cl2F2O6. The lowest BCUT2D eigenvalue weighted by atomic mass is 9.87. The number of carbonyl (C=O) groups is 2. The van der Waals surface area contributed by atoms with Crippen LogP contribution in [-0.4, -0.2) is 22.5 Å². The van der Waals surface area contributed by atoms with Crippen molar-refractivity contribution < 1.29 is 33.0 Å². The van der Waals surface area contributed by atoms with Crippen LogP contribution in [-0.2, 0) is 0 Å². The Bertz CT molecular complexity index is 2360. The Morgan fingerprint density at radius 3 is 2.35 bits per heavy atom. The minimum Gasteiger partial charge on any atom is -0.504 e. The molecule has 6 nitrogen and oxygen atoms in total. The molecule has 1 heterocycles. The Morgan fingerprint density at radius 1 is 0.913 bits per heavy atom. The standard InChI is InChI=1S/C36H20Cl2F2O6/c1-2-3-4-9-20-13-22-27(28-25(16-41)29(38)24(36(44)45)15-26(28)37)23-14-21(19-11-10-17-7-5-6-8-18(17)12-19)33(43)31(40)35(23)46-34(22)30(39)32(20)42/h2-16,43H,1H3,(H,44,45)/b3-2-,9-4-. The van der Waals surface area contributed by atoms with Gasteiger partial charge in [-0.1, -0.05) is 83.9 Å². The number of halogens is 4. The first-order chi connectivity index (χ1) is 22.1. The van der Waals surface area contributed by atoms with E-state index in [0.717, 1.165) is 16.8 Å². The van der Waals surface area contributed by atoms with Crippen LogP contribution in [0.1, 0.15) is 33.2 Å². The summed E-state index contributed by atoms with van der Waals surface area (Å²) in [5.41, 5.74) is -2.55. The first-order valence-corrected chi connectivity index (χ1v) is 14.5. The highest BCUT2D eigenvalue weighted by Gasteiger charge is 2.31. The molecule has 0 radical (unpaired) electrons. The van der Waals surface area contributed by atoms with Gasteiger partial charge in [0.2, 0.25) is 17.1 Å². The number of phenols is 1. The Kier molecular flexibility index (Phi) is 7.94. The molecule has 0 saturated carbocycles. The van der Waals surface area contributed by atoms with E-state index >= 15 is 8.78 Å². The molecule has 0 atom stereocenters. The number of allylic oxidation sites excluding steroid dienone is 3. The van der Waals surface area contributed by atoms with Gasteiger partial charge in [-0.3, -0.25) is 9.59 Å². The Morgan fingerprint density at radius 2 is 1.65 bits per heavy atom. The fourth-order valence-corrected chi connectivity index (χ4v) is 6.06. The van der Waals surface area contributed by atoms with E-state index in [9.17, 15) is 24.6 Å². The second kappa shape index (κ2) is 11.9. The number of hydrogen-bond acceptors (Lipinski definition) is 5. The SMILES string of the molecule is C/C=C\C=C/c1cc2c(-c3c(Cl)cc(C(=O)O)c(Cl)c3C=O)c3cc(-c4ccc5ccccc5c4)c(O)c(F)c3oc-2c(F)c1=O. The van der Waals surface area contributed by atoms with Crippen LogP contribution in [0.5, 0.6) is 5.75 Å². The van der Waals surface area contributed by atoms with Crippen LogP contribution in [0.3, 0.4) is 0 Å². The highest BCUT2D eigenvalue weighted by Crippen LogP contribution is 2.49. The van der Waals surface area contributed by atoms with E-state index in [4.69, 9.17) is 27.6 Å². The number of aromatic hydroxyl groups is 1. The third-order valence-electron chi connectivity index (χ3n) is 7.63. The van der Waals surface area contributed by atoms with Gasteiger partial charge in [0.05, 0.1) is 15.6 Å². The van der Waals surface area contributed by atoms with Crippen molar-refractivity contribution in [2.24, 2.45) is 0 Å². The van der Waals surface area contributed by atoms with Gasteiger partial charge in [-0.15, -0.1) is 0 Å². The second-order valence-electron chi connectivity index (χ2n) is 10.3. The monoisotopic (exact) mass is 656 g/mol. The van der Waals surface area contributed by atoms with Crippen molar-refractivity contribution in [1.29, 1.82) is 0 Å². The van der Waals surface area contributed by atoms with Crippen LogP contribution in [0.25, 0.3) is 61.4 Å². The zero-order chi connectivity index (χ0) is 32.9. The Hall–Kier alpha value is -5.31. The summed E-state index contributed by atoms with van der Waals surface area (Å²) >= 11 is 13.0. The average molecular weight is 657 g/mol. The third-order valence-corrected chi connectivity index (χ3v) is 8.34. The molecule has 4 aromatic carbocycles. The lowest BCUT2D eigenvalue weighted by Crippen LogP contribution is -2.13. The van der Waals surface area contributed by atoms with Crippen molar-refractivity contribution >= 4 is 63.3 Å². The molecule has 6 rings (SSSR count). The van der Waals surface area contributed by atoms with Crippen LogP contribution < -0.4 is 5.43 Å². The van der Waals surface area contributed by atoms with Crippen LogP contribution in [0.2, 0.25) is 10.0 Å². The van der Waals surface area contributed by atoms with Crippen LogP contribution in [0.4, 0.5) is 8.78 Å². The van der Waals surface area contributed by atoms with Gasteiger partial charge >= 0.3 is 5.97 Å². The number of hydrogen-bond donors (Lipinski definition) is 2. The lowest BCUT2D eigenvalue weighted by Gasteiger charge is -2.21. The maximum absolute atomic E-state index is 16.2. The molecule has 2 N–H and O–H groups in total. The molecule has 0 spiro atoms. The van der Waals surface area contributed by atoms with E-state index in [1.165, 1.54) is 24.3 Å². The number of carboxylic acids is 1. The molecule has 0 fully saturated rings. The predicted octanol–water partition coefficient (Wildman–Crippen LogP) is 9.78. The molecule has 4 aromatic rings. The molecule has 0 saturated heterocycles. The number of aldehydes is 1. The zero-order valence-corrected chi connectivity index (χ0v) is 25.2. The van der Waals surface area contributed by atoms with Gasteiger partial charge in [-0.2, -0.15) is 8.78 Å². The largest absolute Gasteiger partial charge is 0.504 e. The van der Waals surface area contributed by atoms with E-state index in [1.54, 1.807) is 37.3 Å². The van der Waals surface area contributed by atoms with Crippen molar-refractivity contribution in [2.45, 2.75) is 6.92 Å². The highest BCUT2D eigenvalue weighted by molar-refractivity contribution is 6.40. The first-order valence-electron chi connectivity index (χ1n) is 13.7. The molecule has 1 aliphatic carbocycles. The number of fused-ring (bicyclic) bond motifs is 3. The summed E-state index contributed by atoms with van der Waals surface area (Å²) in [7, 11) is 0. The highest BCUT2D eigenvalue weighted by atomic mass is 35.5. The van der Waals surface area contributed by atoms with Gasteiger partial charge in [0.1, 0.15) is 0 Å². The number of benzene rings is 5. The van der Waals surface area contributed by atoms with Crippen LogP contribution >= 0.6 is 23.2 Å². The normalized spacial score (nSPS) is 11.8. The molecule has 2 aliphatic rings. The quantitative estimate of drug-likeness (QED) is 0.105. The molecule has 46 heavy (non-hydrogen) atoms. The van der Waals surface area contributed by atoms with Crippen molar-refractivity contribution in [3.05, 3.63) is 127 Å². The summed E-state index contributed by atoms with van der Waals surface area (Å²) in [5.74, 6) is -5.60. The smallest absolute Gasteiger partial charge is 0.337 e. The van der Waals surface area contributed by atoms with Gasteiger partial charge in [0, 0.05) is 38.8 Å². The van der Waals surface area contributed by atoms with Crippen molar-refractivity contribution in [3.63, 3.8) is 0 Å². The summed E-state index contributed by atoms with van der Waals surface area (Å²) in [4.78, 5) is 37.4. The summed E-state index contributed by atoms with van der Waals surface area (Å²) < 4.78 is 37.6. The van der Waals surface area contributed by atoms with Gasteiger partial charge in [0.15, 0.2) is 23.4 Å². The fraction of sp³-hybridized carbons (Fsp3) is 0.0278. The van der Waals surface area contributed by atoms with E-state index in [1.807, 2.05) is 24.3 Å². The number of rotatable bonds is 6. The molecule has 0 unspecified atom stereocenters. The van der Waals surface area contributed by atoms with Gasteiger partial charge in [0.25, 0.3) is 0 Å². The zero-order valence-electron chi connectivity index (χ0n) is 23.7. The van der Waals surface area contributed by atoms with Crippen molar-refractivity contribution in [3.8, 4) is 39.3 Å². The number of aromatic carboxylic acids is 1. The van der Waals surface area contributed by atoms with E-state index in [0.29, 0.717) is 5.56 Å². The molecule has 0 amide bonds. The van der Waals surface area contributed by atoms with E-state index < -0.39 is 50.7 Å². The van der Waals surface area contributed by atoms with E-state index in [-0.39, 0.29) is 50.1 Å². The van der Waals surface area contributed by atoms with Gasteiger partial charge in [-0.25, -0.2) is 4.79 Å². The predicted molar refractivity (Wildman–Crippen MR) is 175 cm³/mol. The maximum atomic E-state index is 16.2. The fourth-order valence-electron chi connectivity index (χ4n) is 5.48. The Labute approximate surface area is 269 Å². The minimum absolute atomic E-state index is 0.0256. The maximum Gasteiger partial charge on any atom is 0.337 e. The Balaban J connectivity index is 1.84. The lowest BCUT2D eigenvalue weighted by molar-refractivity contribution is 0.0697. The van der Waals surface area contributed by atoms with Gasteiger partial charge in [-0.05, 0) is 47.5 Å². The number of phenolic OH excluding ortho intramolecular Hbond substituents is 1. The van der Waals surface area contributed by atoms with Crippen molar-refractivity contribution in [2.75, 3.05) is 0 Å². The van der Waals surface area contributed by atoms with Gasteiger partial charge < -0.3 is 14.6 Å². The van der Waals surface area contributed by atoms with Crippen molar-refractivity contribution in [1.82, 2.24) is 0 Å². The minimum atomic E-state index is -1.47. The molecule has 1 aliphatic heterocycles. The number of carbonyl (C=O) groups excluding carboxylic acids is 1. The molecule has 0 aromatic heterocycles. The molecule has 0 bridgehead atoms. The average Bonchev–Trinajstić information content (AvgIpc) is 3.05. The molecule has 10 heteroatoms.